The zero-order valence-electron chi connectivity index (χ0n) is 18.1. The molecule has 0 saturated carbocycles. The zero-order valence-corrected chi connectivity index (χ0v) is 19.7. The molecular weight excluding hydrogens is 463 g/mol. The van der Waals surface area contributed by atoms with Crippen LogP contribution in [0.25, 0.3) is 10.9 Å². The summed E-state index contributed by atoms with van der Waals surface area (Å²) in [6, 6.07) is 16.7. The number of benzene rings is 3. The van der Waals surface area contributed by atoms with E-state index < -0.39 is 21.4 Å². The van der Waals surface area contributed by atoms with Crippen LogP contribution in [0.4, 0.5) is 10.1 Å². The third-order valence-electron chi connectivity index (χ3n) is 5.46. The monoisotopic (exact) mass is 484 g/mol. The maximum atomic E-state index is 14.2. The van der Waals surface area contributed by atoms with Crippen LogP contribution in [0.2, 0.25) is 5.02 Å². The molecule has 0 spiro atoms. The number of amides is 1. The van der Waals surface area contributed by atoms with Crippen molar-refractivity contribution < 1.29 is 17.6 Å². The van der Waals surface area contributed by atoms with E-state index in [-0.39, 0.29) is 27.9 Å². The molecular formula is C25H22ClFN2O3S. The average molecular weight is 485 g/mol. The van der Waals surface area contributed by atoms with Crippen molar-refractivity contribution >= 4 is 43.9 Å². The Bertz CT molecular complexity index is 1460. The van der Waals surface area contributed by atoms with Gasteiger partial charge >= 0.3 is 0 Å². The summed E-state index contributed by atoms with van der Waals surface area (Å²) in [5.74, 6) is -1.55. The second-order valence-corrected chi connectivity index (χ2v) is 10.3. The Morgan fingerprint density at radius 1 is 1.06 bits per heavy atom. The number of hydrogen-bond donors (Lipinski definition) is 1. The Morgan fingerprint density at radius 3 is 2.58 bits per heavy atom. The molecule has 4 aromatic rings. The Balaban J connectivity index is 1.68. The molecule has 8 heteroatoms. The molecule has 3 aromatic carbocycles. The third-order valence-corrected chi connectivity index (χ3v) is 7.48. The lowest BCUT2D eigenvalue weighted by atomic mass is 10.1. The van der Waals surface area contributed by atoms with Gasteiger partial charge in [0.1, 0.15) is 12.4 Å². The minimum atomic E-state index is -3.95. The van der Waals surface area contributed by atoms with E-state index in [9.17, 15) is 17.6 Å². The maximum absolute atomic E-state index is 14.2. The number of aromatic nitrogens is 1. The van der Waals surface area contributed by atoms with Crippen molar-refractivity contribution in [3.8, 4) is 0 Å². The van der Waals surface area contributed by atoms with E-state index in [1.54, 1.807) is 28.8 Å². The largest absolute Gasteiger partial charge is 0.337 e. The van der Waals surface area contributed by atoms with Crippen LogP contribution in [0.15, 0.2) is 71.8 Å². The molecule has 0 radical (unpaired) electrons. The number of aryl methyl sites for hydroxylation is 2. The highest BCUT2D eigenvalue weighted by atomic mass is 35.5. The second kappa shape index (κ2) is 9.00. The molecule has 1 N–H and O–H groups in total. The van der Waals surface area contributed by atoms with Gasteiger partial charge < -0.3 is 9.88 Å². The average Bonchev–Trinajstić information content (AvgIpc) is 3.13. The number of anilines is 1. The number of fused-ring (bicyclic) bond motifs is 1. The molecule has 0 aliphatic rings. The van der Waals surface area contributed by atoms with Gasteiger partial charge in [0, 0.05) is 33.4 Å². The van der Waals surface area contributed by atoms with Gasteiger partial charge in [-0.1, -0.05) is 48.0 Å². The van der Waals surface area contributed by atoms with Crippen LogP contribution in [-0.4, -0.2) is 18.9 Å². The minimum Gasteiger partial charge on any atom is -0.337 e. The molecule has 0 atom stereocenters. The molecule has 33 heavy (non-hydrogen) atoms. The molecule has 5 nitrogen and oxygen atoms in total. The van der Waals surface area contributed by atoms with Gasteiger partial charge in [-0.2, -0.15) is 0 Å². The number of sulfone groups is 1. The number of hydrogen-bond acceptors (Lipinski definition) is 3. The van der Waals surface area contributed by atoms with Crippen molar-refractivity contribution in [2.24, 2.45) is 0 Å². The molecule has 170 valence electrons. The summed E-state index contributed by atoms with van der Waals surface area (Å²) in [5, 5.41) is 3.40. The van der Waals surface area contributed by atoms with Crippen molar-refractivity contribution in [1.82, 2.24) is 4.57 Å². The van der Waals surface area contributed by atoms with Gasteiger partial charge in [0.25, 0.3) is 0 Å². The third kappa shape index (κ3) is 4.79. The van der Waals surface area contributed by atoms with E-state index >= 15 is 0 Å². The number of carbonyl (C=O) groups is 1. The first-order valence-electron chi connectivity index (χ1n) is 10.3. The van der Waals surface area contributed by atoms with E-state index in [1.807, 2.05) is 32.0 Å². The predicted molar refractivity (Wildman–Crippen MR) is 129 cm³/mol. The molecule has 0 unspecified atom stereocenters. The number of carbonyl (C=O) groups excluding carboxylic acids is 1. The van der Waals surface area contributed by atoms with Crippen molar-refractivity contribution in [1.29, 1.82) is 0 Å². The second-order valence-electron chi connectivity index (χ2n) is 7.96. The van der Waals surface area contributed by atoms with Crippen molar-refractivity contribution in [3.05, 3.63) is 94.4 Å². The van der Waals surface area contributed by atoms with Gasteiger partial charge in [0.15, 0.2) is 9.84 Å². The summed E-state index contributed by atoms with van der Waals surface area (Å²) in [5.41, 5.74) is 3.16. The van der Waals surface area contributed by atoms with Crippen LogP contribution in [-0.2, 0) is 26.9 Å². The van der Waals surface area contributed by atoms with Crippen LogP contribution in [0, 0.1) is 19.7 Å². The molecule has 0 saturated heterocycles. The summed E-state index contributed by atoms with van der Waals surface area (Å²) in [7, 11) is -3.95. The standard InChI is InChI=1S/C25H22ClFN2O3S/c1-16-10-11-17(2)22(12-16)28-25(30)14-29-13-24(18-6-3-4-9-23(18)29)33(31,32)15-19-20(26)7-5-8-21(19)27/h3-13H,14-15H2,1-2H3,(H,28,30). The van der Waals surface area contributed by atoms with E-state index in [2.05, 4.69) is 5.32 Å². The molecule has 1 amide bonds. The maximum Gasteiger partial charge on any atom is 0.244 e. The Morgan fingerprint density at radius 2 is 1.82 bits per heavy atom. The number of nitrogens with one attached hydrogen (secondary N) is 1. The normalized spacial score (nSPS) is 11.6. The van der Waals surface area contributed by atoms with Gasteiger partial charge in [-0.15, -0.1) is 0 Å². The van der Waals surface area contributed by atoms with Gasteiger partial charge in [0.2, 0.25) is 5.91 Å². The summed E-state index contributed by atoms with van der Waals surface area (Å²) < 4.78 is 42.3. The van der Waals surface area contributed by atoms with E-state index in [1.165, 1.54) is 24.4 Å². The molecule has 0 bridgehead atoms. The van der Waals surface area contributed by atoms with Crippen LogP contribution in [0.1, 0.15) is 16.7 Å². The van der Waals surface area contributed by atoms with Crippen molar-refractivity contribution in [3.63, 3.8) is 0 Å². The first kappa shape index (κ1) is 23.0. The number of para-hydroxylation sites is 1. The zero-order chi connectivity index (χ0) is 23.8. The number of nitrogens with zero attached hydrogens (tertiary/aromatic N) is 1. The molecule has 4 rings (SSSR count). The lowest BCUT2D eigenvalue weighted by molar-refractivity contribution is -0.116. The highest BCUT2D eigenvalue weighted by Gasteiger charge is 2.25. The smallest absolute Gasteiger partial charge is 0.244 e. The first-order valence-corrected chi connectivity index (χ1v) is 12.3. The van der Waals surface area contributed by atoms with Crippen LogP contribution in [0.3, 0.4) is 0 Å². The Kier molecular flexibility index (Phi) is 6.28. The molecule has 0 aliphatic carbocycles. The fourth-order valence-electron chi connectivity index (χ4n) is 3.74. The number of rotatable bonds is 6. The SMILES string of the molecule is Cc1ccc(C)c(NC(=O)Cn2cc(S(=O)(=O)Cc3c(F)cccc3Cl)c3ccccc32)c1. The highest BCUT2D eigenvalue weighted by molar-refractivity contribution is 7.90. The van der Waals surface area contributed by atoms with Crippen molar-refractivity contribution in [2.75, 3.05) is 5.32 Å². The predicted octanol–water partition coefficient (Wildman–Crippen LogP) is 5.66. The summed E-state index contributed by atoms with van der Waals surface area (Å²) in [6.45, 7) is 3.76. The molecule has 0 fully saturated rings. The van der Waals surface area contributed by atoms with Gasteiger partial charge in [-0.05, 0) is 49.2 Å². The lowest BCUT2D eigenvalue weighted by Crippen LogP contribution is -2.19. The summed E-state index contributed by atoms with van der Waals surface area (Å²) in [4.78, 5) is 12.8. The lowest BCUT2D eigenvalue weighted by Gasteiger charge is -2.10. The minimum absolute atomic E-state index is 0.0250. The van der Waals surface area contributed by atoms with Crippen LogP contribution < -0.4 is 5.32 Å². The van der Waals surface area contributed by atoms with Crippen LogP contribution in [0.5, 0.6) is 0 Å². The summed E-state index contributed by atoms with van der Waals surface area (Å²) in [6.07, 6.45) is 1.43. The molecule has 1 heterocycles. The van der Waals surface area contributed by atoms with E-state index in [0.29, 0.717) is 16.6 Å². The Labute approximate surface area is 196 Å². The Hall–Kier alpha value is -3.16. The quantitative estimate of drug-likeness (QED) is 0.383. The molecule has 1 aromatic heterocycles. The van der Waals surface area contributed by atoms with Crippen molar-refractivity contribution in [2.45, 2.75) is 31.0 Å². The summed E-state index contributed by atoms with van der Waals surface area (Å²) >= 11 is 6.05. The van der Waals surface area contributed by atoms with E-state index in [0.717, 1.165) is 11.1 Å². The van der Waals surface area contributed by atoms with E-state index in [4.69, 9.17) is 11.6 Å². The fourth-order valence-corrected chi connectivity index (χ4v) is 5.68. The van der Waals surface area contributed by atoms with Gasteiger partial charge in [-0.25, -0.2) is 12.8 Å². The first-order chi connectivity index (χ1) is 15.7. The molecule has 0 aliphatic heterocycles. The van der Waals surface area contributed by atoms with Crippen LogP contribution >= 0.6 is 11.6 Å². The van der Waals surface area contributed by atoms with Gasteiger partial charge in [-0.3, -0.25) is 4.79 Å². The van der Waals surface area contributed by atoms with Gasteiger partial charge in [0.05, 0.1) is 10.6 Å². The topological polar surface area (TPSA) is 68.2 Å². The fraction of sp³-hybridized carbons (Fsp3) is 0.160. The highest BCUT2D eigenvalue weighted by Crippen LogP contribution is 2.30. The number of halogens is 2.